The van der Waals surface area contributed by atoms with Gasteiger partial charge in [0.1, 0.15) is 6.04 Å². The summed E-state index contributed by atoms with van der Waals surface area (Å²) in [4.78, 5) is 25.2. The third kappa shape index (κ3) is 2.94. The van der Waals surface area contributed by atoms with E-state index in [0.717, 1.165) is 17.0 Å². The van der Waals surface area contributed by atoms with Crippen LogP contribution in [0.1, 0.15) is 29.8 Å². The van der Waals surface area contributed by atoms with Crippen LogP contribution in [0, 0.1) is 13.8 Å². The van der Waals surface area contributed by atoms with Gasteiger partial charge in [0.05, 0.1) is 5.69 Å². The zero-order valence-corrected chi connectivity index (χ0v) is 11.6. The Bertz CT molecular complexity index is 475. The van der Waals surface area contributed by atoms with Crippen molar-refractivity contribution in [2.24, 2.45) is 0 Å². The van der Waals surface area contributed by atoms with E-state index in [1.807, 2.05) is 13.8 Å². The van der Waals surface area contributed by atoms with E-state index in [9.17, 15) is 9.59 Å². The number of likely N-dealkylation sites (N-methyl/N-ethyl adjacent to an activating group) is 1. The largest absolute Gasteiger partial charge is 0.344 e. The number of nitrogens with one attached hydrogen (secondary N) is 2. The van der Waals surface area contributed by atoms with Crippen LogP contribution in [0.25, 0.3) is 0 Å². The molecule has 1 aromatic heterocycles. The van der Waals surface area contributed by atoms with Crippen LogP contribution in [-0.4, -0.2) is 46.5 Å². The Morgan fingerprint density at radius 2 is 2.26 bits per heavy atom. The van der Waals surface area contributed by atoms with E-state index in [4.69, 9.17) is 0 Å². The van der Waals surface area contributed by atoms with Crippen LogP contribution < -0.4 is 5.32 Å². The van der Waals surface area contributed by atoms with Crippen molar-refractivity contribution in [2.75, 3.05) is 13.6 Å². The van der Waals surface area contributed by atoms with Crippen LogP contribution in [0.4, 0.5) is 0 Å². The molecule has 6 nitrogen and oxygen atoms in total. The molecule has 1 aliphatic rings. The molecule has 1 aliphatic heterocycles. The first-order valence-electron chi connectivity index (χ1n) is 6.54. The Hall–Kier alpha value is -1.85. The average Bonchev–Trinajstić information content (AvgIpc) is 2.85. The van der Waals surface area contributed by atoms with Crippen molar-refractivity contribution in [3.8, 4) is 0 Å². The van der Waals surface area contributed by atoms with Crippen molar-refractivity contribution < 1.29 is 9.59 Å². The molecule has 1 fully saturated rings. The summed E-state index contributed by atoms with van der Waals surface area (Å²) in [6, 6.07) is -0.343. The number of carbonyl (C=O) groups excluding carboxylic acids is 2. The smallest absolute Gasteiger partial charge is 0.244 e. The third-order valence-corrected chi connectivity index (χ3v) is 3.65. The molecule has 0 bridgehead atoms. The van der Waals surface area contributed by atoms with Gasteiger partial charge in [-0.15, -0.1) is 0 Å². The van der Waals surface area contributed by atoms with Crippen molar-refractivity contribution in [2.45, 2.75) is 39.2 Å². The fraction of sp³-hybridized carbons (Fsp3) is 0.615. The van der Waals surface area contributed by atoms with Gasteiger partial charge < -0.3 is 10.2 Å². The number of amides is 2. The second-order valence-corrected chi connectivity index (χ2v) is 5.08. The van der Waals surface area contributed by atoms with Gasteiger partial charge in [-0.05, 0) is 32.3 Å². The van der Waals surface area contributed by atoms with Gasteiger partial charge in [0, 0.05) is 25.7 Å². The summed E-state index contributed by atoms with van der Waals surface area (Å²) in [5.74, 6) is -0.0716. The van der Waals surface area contributed by atoms with Gasteiger partial charge in [0.25, 0.3) is 0 Å². The van der Waals surface area contributed by atoms with Gasteiger partial charge in [-0.25, -0.2) is 0 Å². The first-order valence-corrected chi connectivity index (χ1v) is 6.54. The van der Waals surface area contributed by atoms with E-state index in [1.165, 1.54) is 0 Å². The quantitative estimate of drug-likeness (QED) is 0.821. The molecule has 0 saturated carbocycles. The monoisotopic (exact) mass is 264 g/mol. The van der Waals surface area contributed by atoms with Gasteiger partial charge in [-0.2, -0.15) is 5.10 Å². The molecule has 2 N–H and O–H groups in total. The lowest BCUT2D eigenvalue weighted by atomic mass is 10.1. The molecule has 19 heavy (non-hydrogen) atoms. The lowest BCUT2D eigenvalue weighted by Gasteiger charge is -2.12. The van der Waals surface area contributed by atoms with E-state index in [1.54, 1.807) is 11.9 Å². The molecule has 2 heterocycles. The lowest BCUT2D eigenvalue weighted by Crippen LogP contribution is -2.40. The lowest BCUT2D eigenvalue weighted by molar-refractivity contribution is -0.131. The van der Waals surface area contributed by atoms with Crippen molar-refractivity contribution in [3.05, 3.63) is 17.0 Å². The number of aryl methyl sites for hydroxylation is 2. The van der Waals surface area contributed by atoms with Crippen molar-refractivity contribution in [1.82, 2.24) is 20.4 Å². The van der Waals surface area contributed by atoms with Crippen molar-refractivity contribution in [1.29, 1.82) is 0 Å². The zero-order valence-electron chi connectivity index (χ0n) is 11.6. The highest BCUT2D eigenvalue weighted by atomic mass is 16.2. The molecular formula is C13H20N4O2. The number of aromatic nitrogens is 2. The summed E-state index contributed by atoms with van der Waals surface area (Å²) in [6.45, 7) is 4.58. The van der Waals surface area contributed by atoms with Crippen LogP contribution >= 0.6 is 0 Å². The Morgan fingerprint density at radius 1 is 1.53 bits per heavy atom. The van der Waals surface area contributed by atoms with E-state index in [0.29, 0.717) is 25.8 Å². The maximum absolute atomic E-state index is 11.9. The van der Waals surface area contributed by atoms with E-state index >= 15 is 0 Å². The Balaban J connectivity index is 1.84. The number of H-pyrrole nitrogens is 1. The number of aromatic amines is 1. The second-order valence-electron chi connectivity index (χ2n) is 5.08. The SMILES string of the molecule is Cc1n[nH]c(C)c1CCC(=O)N[C@@H]1CCN(C)C1=O. The van der Waals surface area contributed by atoms with E-state index < -0.39 is 0 Å². The van der Waals surface area contributed by atoms with E-state index in [-0.39, 0.29) is 17.9 Å². The number of rotatable bonds is 4. The maximum atomic E-state index is 11.9. The highest BCUT2D eigenvalue weighted by Gasteiger charge is 2.29. The average molecular weight is 264 g/mol. The molecular weight excluding hydrogens is 244 g/mol. The predicted octanol–water partition coefficient (Wildman–Crippen LogP) is 0.306. The number of likely N-dealkylation sites (tertiary alicyclic amines) is 1. The molecule has 2 rings (SSSR count). The van der Waals surface area contributed by atoms with Crippen LogP contribution in [0.2, 0.25) is 0 Å². The molecule has 0 aliphatic carbocycles. The first-order chi connectivity index (χ1) is 8.99. The fourth-order valence-electron chi connectivity index (χ4n) is 2.40. The van der Waals surface area contributed by atoms with Crippen LogP contribution in [0.5, 0.6) is 0 Å². The van der Waals surface area contributed by atoms with Crippen LogP contribution in [-0.2, 0) is 16.0 Å². The van der Waals surface area contributed by atoms with Gasteiger partial charge >= 0.3 is 0 Å². The summed E-state index contributed by atoms with van der Waals surface area (Å²) in [7, 11) is 1.76. The summed E-state index contributed by atoms with van der Waals surface area (Å²) in [5, 5.41) is 9.81. The molecule has 104 valence electrons. The van der Waals surface area contributed by atoms with Crippen molar-refractivity contribution in [3.63, 3.8) is 0 Å². The summed E-state index contributed by atoms with van der Waals surface area (Å²) in [5.41, 5.74) is 3.02. The molecule has 1 aromatic rings. The summed E-state index contributed by atoms with van der Waals surface area (Å²) < 4.78 is 0. The third-order valence-electron chi connectivity index (χ3n) is 3.65. The fourth-order valence-corrected chi connectivity index (χ4v) is 2.40. The normalized spacial score (nSPS) is 19.0. The number of hydrogen-bond donors (Lipinski definition) is 2. The van der Waals surface area contributed by atoms with Gasteiger partial charge in [-0.3, -0.25) is 14.7 Å². The Kier molecular flexibility index (Phi) is 3.87. The summed E-state index contributed by atoms with van der Waals surface area (Å²) in [6.07, 6.45) is 1.73. The minimum Gasteiger partial charge on any atom is -0.344 e. The molecule has 0 aromatic carbocycles. The Morgan fingerprint density at radius 3 is 2.79 bits per heavy atom. The van der Waals surface area contributed by atoms with Gasteiger partial charge in [0.15, 0.2) is 0 Å². The molecule has 2 amide bonds. The zero-order chi connectivity index (χ0) is 14.0. The number of hydrogen-bond acceptors (Lipinski definition) is 3. The highest BCUT2D eigenvalue weighted by Crippen LogP contribution is 2.13. The molecule has 0 radical (unpaired) electrons. The minimum atomic E-state index is -0.343. The maximum Gasteiger partial charge on any atom is 0.244 e. The second kappa shape index (κ2) is 5.42. The predicted molar refractivity (Wildman–Crippen MR) is 70.6 cm³/mol. The Labute approximate surface area is 112 Å². The molecule has 0 unspecified atom stereocenters. The topological polar surface area (TPSA) is 78.1 Å². The first kappa shape index (κ1) is 13.6. The molecule has 1 saturated heterocycles. The highest BCUT2D eigenvalue weighted by molar-refractivity contribution is 5.89. The molecule has 1 atom stereocenters. The van der Waals surface area contributed by atoms with E-state index in [2.05, 4.69) is 15.5 Å². The standard InChI is InChI=1S/C13H20N4O2/c1-8-10(9(2)16-15-8)4-5-12(18)14-11-6-7-17(3)13(11)19/h11H,4-7H2,1-3H3,(H,14,18)(H,15,16)/t11-/m1/s1. The summed E-state index contributed by atoms with van der Waals surface area (Å²) >= 11 is 0. The van der Waals surface area contributed by atoms with Gasteiger partial charge in [-0.1, -0.05) is 0 Å². The minimum absolute atomic E-state index is 0.00372. The van der Waals surface area contributed by atoms with Crippen LogP contribution in [0.3, 0.4) is 0 Å². The number of nitrogens with zero attached hydrogens (tertiary/aromatic N) is 2. The van der Waals surface area contributed by atoms with Crippen LogP contribution in [0.15, 0.2) is 0 Å². The van der Waals surface area contributed by atoms with Gasteiger partial charge in [0.2, 0.25) is 11.8 Å². The molecule has 6 heteroatoms. The molecule has 0 spiro atoms. The van der Waals surface area contributed by atoms with Crippen molar-refractivity contribution >= 4 is 11.8 Å². The number of carbonyl (C=O) groups is 2.